The maximum atomic E-state index is 13.2. The Morgan fingerprint density at radius 2 is 1.62 bits per heavy atom. The number of esters is 1. The van der Waals surface area contributed by atoms with Crippen LogP contribution in [0.4, 0.5) is 10.5 Å². The number of halogens is 2. The Balaban J connectivity index is 1.73. The molecule has 42 heavy (non-hydrogen) atoms. The predicted octanol–water partition coefficient (Wildman–Crippen LogP) is 6.20. The van der Waals surface area contributed by atoms with Crippen molar-refractivity contribution in [2.45, 2.75) is 46.1 Å². The molecule has 9 nitrogen and oxygen atoms in total. The highest BCUT2D eigenvalue weighted by atomic mass is 35.5. The van der Waals surface area contributed by atoms with Crippen LogP contribution in [0.3, 0.4) is 0 Å². The predicted molar refractivity (Wildman–Crippen MR) is 166 cm³/mol. The van der Waals surface area contributed by atoms with Gasteiger partial charge in [0.25, 0.3) is 0 Å². The summed E-state index contributed by atoms with van der Waals surface area (Å²) in [7, 11) is 4.57. The van der Waals surface area contributed by atoms with E-state index in [9.17, 15) is 9.59 Å². The number of quaternary nitrogens is 1. The second-order valence-electron chi connectivity index (χ2n) is 11.2. The van der Waals surface area contributed by atoms with Crippen LogP contribution in [0.15, 0.2) is 30.3 Å². The molecule has 2 aromatic carbocycles. The third kappa shape index (κ3) is 9.06. The second kappa shape index (κ2) is 15.5. The van der Waals surface area contributed by atoms with Crippen molar-refractivity contribution in [3.63, 3.8) is 0 Å². The number of rotatable bonds is 13. The molecule has 1 heterocycles. The van der Waals surface area contributed by atoms with E-state index in [4.69, 9.17) is 42.1 Å². The molecule has 0 aromatic heterocycles. The number of anilines is 1. The number of carbonyl (C=O) groups is 2. The second-order valence-corrected chi connectivity index (χ2v) is 12.0. The Bertz CT molecular complexity index is 1190. The van der Waals surface area contributed by atoms with Crippen molar-refractivity contribution in [1.29, 1.82) is 0 Å². The lowest BCUT2D eigenvalue weighted by molar-refractivity contribution is -0.928. The van der Waals surface area contributed by atoms with E-state index in [1.807, 2.05) is 25.1 Å². The molecule has 1 fully saturated rings. The monoisotopic (exact) mass is 624 g/mol. The van der Waals surface area contributed by atoms with E-state index >= 15 is 0 Å². The van der Waals surface area contributed by atoms with Crippen molar-refractivity contribution in [3.8, 4) is 17.2 Å². The average Bonchev–Trinajstić information content (AvgIpc) is 2.95. The molecule has 0 spiro atoms. The van der Waals surface area contributed by atoms with Gasteiger partial charge in [-0.1, -0.05) is 43.1 Å². The van der Waals surface area contributed by atoms with Crippen molar-refractivity contribution in [1.82, 2.24) is 5.32 Å². The Kier molecular flexibility index (Phi) is 12.4. The first-order chi connectivity index (χ1) is 20.0. The number of nitrogens with zero attached hydrogens (tertiary/aromatic N) is 1. The van der Waals surface area contributed by atoms with Crippen LogP contribution < -0.4 is 24.8 Å². The van der Waals surface area contributed by atoms with Gasteiger partial charge in [-0.3, -0.25) is 0 Å². The Labute approximate surface area is 259 Å². The fraction of sp³-hybridized carbons (Fsp3) is 0.548. The zero-order valence-corrected chi connectivity index (χ0v) is 26.9. The molecule has 0 bridgehead atoms. The van der Waals surface area contributed by atoms with Crippen LogP contribution in [-0.4, -0.2) is 76.6 Å². The number of urea groups is 1. The van der Waals surface area contributed by atoms with E-state index < -0.39 is 0 Å². The molecule has 11 heteroatoms. The van der Waals surface area contributed by atoms with Crippen LogP contribution in [0.25, 0.3) is 0 Å². The van der Waals surface area contributed by atoms with Crippen LogP contribution in [-0.2, 0) is 16.0 Å². The van der Waals surface area contributed by atoms with Crippen molar-refractivity contribution >= 4 is 40.9 Å². The minimum absolute atomic E-state index is 0.127. The minimum atomic E-state index is -0.355. The first-order valence-electron chi connectivity index (χ1n) is 14.3. The van der Waals surface area contributed by atoms with Crippen molar-refractivity contribution < 1.29 is 33.0 Å². The Morgan fingerprint density at radius 3 is 2.14 bits per heavy atom. The SMILES string of the molecule is CCOC(=O)C[N+]1(C[C@H](NC(=O)Nc2cc(OC)c(OC)c(OC)c2)C(C)C)CCC(Cc2ccc(Cl)c(Cl)c2)CC1. The Hall–Kier alpha value is -2.88. The molecule has 1 aliphatic heterocycles. The zero-order chi connectivity index (χ0) is 30.9. The van der Waals surface area contributed by atoms with E-state index in [2.05, 4.69) is 24.5 Å². The van der Waals surface area contributed by atoms with Crippen LogP contribution in [0.2, 0.25) is 10.0 Å². The summed E-state index contributed by atoms with van der Waals surface area (Å²) in [6, 6.07) is 8.61. The van der Waals surface area contributed by atoms with Crippen molar-refractivity contribution in [2.75, 3.05) is 59.4 Å². The molecule has 2 amide bonds. The van der Waals surface area contributed by atoms with Gasteiger partial charge in [0, 0.05) is 12.1 Å². The molecular formula is C31H44Cl2N3O6+. The smallest absolute Gasteiger partial charge is 0.361 e. The molecule has 1 atom stereocenters. The number of benzene rings is 2. The number of likely N-dealkylation sites (tertiary alicyclic amines) is 1. The van der Waals surface area contributed by atoms with E-state index in [0.717, 1.165) is 37.9 Å². The fourth-order valence-corrected chi connectivity index (χ4v) is 5.91. The van der Waals surface area contributed by atoms with Gasteiger partial charge < -0.3 is 34.1 Å². The van der Waals surface area contributed by atoms with Gasteiger partial charge >= 0.3 is 12.0 Å². The number of methoxy groups -OCH3 is 3. The summed E-state index contributed by atoms with van der Waals surface area (Å²) in [6.07, 6.45) is 2.80. The van der Waals surface area contributed by atoms with E-state index in [1.54, 1.807) is 12.1 Å². The highest BCUT2D eigenvalue weighted by molar-refractivity contribution is 6.42. The van der Waals surface area contributed by atoms with Gasteiger partial charge in [0.05, 0.1) is 69.3 Å². The molecule has 0 aliphatic carbocycles. The maximum absolute atomic E-state index is 13.2. The lowest BCUT2D eigenvalue weighted by Gasteiger charge is -2.45. The lowest BCUT2D eigenvalue weighted by atomic mass is 9.88. The third-order valence-electron chi connectivity index (χ3n) is 7.93. The average molecular weight is 626 g/mol. The molecule has 0 radical (unpaired) electrons. The first kappa shape index (κ1) is 33.6. The topological polar surface area (TPSA) is 95.1 Å². The van der Waals surface area contributed by atoms with E-state index in [1.165, 1.54) is 21.3 Å². The number of piperidine rings is 1. The number of carbonyl (C=O) groups excluding carboxylic acids is 2. The van der Waals surface area contributed by atoms with Crippen LogP contribution in [0.1, 0.15) is 39.2 Å². The molecule has 0 unspecified atom stereocenters. The summed E-state index contributed by atoms with van der Waals surface area (Å²) in [5.41, 5.74) is 1.66. The summed E-state index contributed by atoms with van der Waals surface area (Å²) in [5, 5.41) is 7.16. The number of nitrogens with one attached hydrogen (secondary N) is 2. The number of ether oxygens (including phenoxy) is 4. The van der Waals surface area contributed by atoms with Crippen molar-refractivity contribution in [2.24, 2.45) is 11.8 Å². The summed E-state index contributed by atoms with van der Waals surface area (Å²) in [6.45, 7) is 8.80. The lowest BCUT2D eigenvalue weighted by Crippen LogP contribution is -2.62. The fourth-order valence-electron chi connectivity index (χ4n) is 5.59. The summed E-state index contributed by atoms with van der Waals surface area (Å²) < 4.78 is 22.1. The van der Waals surface area contributed by atoms with Gasteiger partial charge in [-0.25, -0.2) is 9.59 Å². The van der Waals surface area contributed by atoms with Gasteiger partial charge in [-0.15, -0.1) is 0 Å². The minimum Gasteiger partial charge on any atom is -0.493 e. The summed E-state index contributed by atoms with van der Waals surface area (Å²) >= 11 is 12.3. The largest absolute Gasteiger partial charge is 0.493 e. The molecule has 3 rings (SSSR count). The van der Waals surface area contributed by atoms with Gasteiger partial charge in [-0.05, 0) is 55.7 Å². The third-order valence-corrected chi connectivity index (χ3v) is 8.67. The van der Waals surface area contributed by atoms with Crippen LogP contribution >= 0.6 is 23.2 Å². The Morgan fingerprint density at radius 1 is 0.976 bits per heavy atom. The van der Waals surface area contributed by atoms with Crippen LogP contribution in [0.5, 0.6) is 17.2 Å². The standard InChI is InChI=1S/C31H43Cl2N3O6/c1-7-42-29(37)19-36(12-10-21(11-13-36)14-22-8-9-24(32)25(33)15-22)18-26(20(2)3)35-31(38)34-23-16-27(39-4)30(41-6)28(17-23)40-5/h8-9,15-17,20-21,26H,7,10-14,18-19H2,1-6H3,(H-,34,35,38)/p+1/t21?,26-,36?/m0/s1. The highest BCUT2D eigenvalue weighted by Crippen LogP contribution is 2.40. The van der Waals surface area contributed by atoms with Gasteiger partial charge in [0.2, 0.25) is 5.75 Å². The summed E-state index contributed by atoms with van der Waals surface area (Å²) in [4.78, 5) is 26.0. The molecule has 1 saturated heterocycles. The van der Waals surface area contributed by atoms with Crippen LogP contribution in [0, 0.1) is 11.8 Å². The number of hydrogen-bond acceptors (Lipinski definition) is 6. The van der Waals surface area contributed by atoms with E-state index in [-0.39, 0.29) is 30.5 Å². The maximum Gasteiger partial charge on any atom is 0.361 e. The first-order valence-corrected chi connectivity index (χ1v) is 15.1. The molecule has 2 aromatic rings. The molecular weight excluding hydrogens is 581 g/mol. The van der Waals surface area contributed by atoms with E-state index in [0.29, 0.717) is 56.5 Å². The van der Waals surface area contributed by atoms with Gasteiger partial charge in [0.15, 0.2) is 18.0 Å². The molecule has 1 aliphatic rings. The number of amides is 2. The highest BCUT2D eigenvalue weighted by Gasteiger charge is 2.39. The molecule has 232 valence electrons. The molecule has 2 N–H and O–H groups in total. The van der Waals surface area contributed by atoms with Crippen molar-refractivity contribution in [3.05, 3.63) is 45.9 Å². The molecule has 0 saturated carbocycles. The van der Waals surface area contributed by atoms with Gasteiger partial charge in [-0.2, -0.15) is 0 Å². The zero-order valence-electron chi connectivity index (χ0n) is 25.4. The normalized spacial score (nSPS) is 19.1. The number of hydrogen-bond donors (Lipinski definition) is 2. The van der Waals surface area contributed by atoms with Gasteiger partial charge in [0.1, 0.15) is 0 Å². The quantitative estimate of drug-likeness (QED) is 0.204. The summed E-state index contributed by atoms with van der Waals surface area (Å²) in [5.74, 6) is 1.69.